The van der Waals surface area contributed by atoms with E-state index in [1.54, 1.807) is 16.7 Å². The summed E-state index contributed by atoms with van der Waals surface area (Å²) in [5.41, 5.74) is 2.38. The average Bonchev–Trinajstić information content (AvgIpc) is 2.71. The van der Waals surface area contributed by atoms with Crippen molar-refractivity contribution >= 4 is 11.8 Å². The number of hydrogen-bond acceptors (Lipinski definition) is 2. The number of carbonyl (C=O) groups is 2. The molecule has 1 atom stereocenters. The lowest BCUT2D eigenvalue weighted by Gasteiger charge is -2.22. The van der Waals surface area contributed by atoms with Crippen molar-refractivity contribution in [3.63, 3.8) is 0 Å². The summed E-state index contributed by atoms with van der Waals surface area (Å²) in [5, 5.41) is 2.94. The van der Waals surface area contributed by atoms with Crippen molar-refractivity contribution in [3.05, 3.63) is 35.7 Å². The second-order valence-electron chi connectivity index (χ2n) is 4.69. The van der Waals surface area contributed by atoms with Crippen molar-refractivity contribution in [2.45, 2.75) is 39.2 Å². The van der Waals surface area contributed by atoms with Gasteiger partial charge in [0.15, 0.2) is 0 Å². The largest absolute Gasteiger partial charge is 0.353 e. The Kier molecular flexibility index (Phi) is 3.65. The highest BCUT2D eigenvalue weighted by molar-refractivity contribution is 5.90. The maximum absolute atomic E-state index is 11.7. The van der Waals surface area contributed by atoms with Crippen LogP contribution in [-0.4, -0.2) is 22.4 Å². The smallest absolute Gasteiger partial charge is 0.254 e. The van der Waals surface area contributed by atoms with Crippen LogP contribution in [0.1, 0.15) is 36.2 Å². The Bertz CT molecular complexity index is 500. The van der Waals surface area contributed by atoms with E-state index < -0.39 is 0 Å². The molecule has 0 aromatic carbocycles. The Morgan fingerprint density at radius 1 is 1.39 bits per heavy atom. The SMILES string of the molecule is CC=CC(=O)n1cc2c(c1)CC(NC(C)=O)CC2. The van der Waals surface area contributed by atoms with E-state index in [0.717, 1.165) is 24.8 Å². The second kappa shape index (κ2) is 5.21. The Labute approximate surface area is 107 Å². The van der Waals surface area contributed by atoms with Gasteiger partial charge in [0.05, 0.1) is 0 Å². The highest BCUT2D eigenvalue weighted by atomic mass is 16.2. The third-order valence-electron chi connectivity index (χ3n) is 3.20. The summed E-state index contributed by atoms with van der Waals surface area (Å²) in [7, 11) is 0. The molecule has 2 rings (SSSR count). The number of fused-ring (bicyclic) bond motifs is 1. The summed E-state index contributed by atoms with van der Waals surface area (Å²) in [6, 6.07) is 0.197. The van der Waals surface area contributed by atoms with Gasteiger partial charge >= 0.3 is 0 Å². The zero-order valence-electron chi connectivity index (χ0n) is 10.8. The molecule has 1 heterocycles. The minimum absolute atomic E-state index is 0.00729. The summed E-state index contributed by atoms with van der Waals surface area (Å²) < 4.78 is 1.63. The van der Waals surface area contributed by atoms with Crippen LogP contribution in [0.3, 0.4) is 0 Å². The maximum Gasteiger partial charge on any atom is 0.254 e. The van der Waals surface area contributed by atoms with Crippen molar-refractivity contribution in [1.29, 1.82) is 0 Å². The Morgan fingerprint density at radius 3 is 2.78 bits per heavy atom. The number of rotatable bonds is 2. The minimum Gasteiger partial charge on any atom is -0.353 e. The fraction of sp³-hybridized carbons (Fsp3) is 0.429. The van der Waals surface area contributed by atoms with Crippen LogP contribution in [-0.2, 0) is 17.6 Å². The van der Waals surface area contributed by atoms with E-state index in [0.29, 0.717) is 0 Å². The molecular weight excluding hydrogens is 228 g/mol. The molecule has 1 N–H and O–H groups in total. The Morgan fingerprint density at radius 2 is 2.11 bits per heavy atom. The van der Waals surface area contributed by atoms with Gasteiger partial charge in [-0.2, -0.15) is 0 Å². The average molecular weight is 246 g/mol. The van der Waals surface area contributed by atoms with Gasteiger partial charge in [0.25, 0.3) is 5.91 Å². The number of nitrogens with one attached hydrogen (secondary N) is 1. The van der Waals surface area contributed by atoms with Gasteiger partial charge in [-0.3, -0.25) is 14.2 Å². The van der Waals surface area contributed by atoms with Crippen LogP contribution in [0.25, 0.3) is 0 Å². The zero-order chi connectivity index (χ0) is 13.1. The Balaban J connectivity index is 2.13. The van der Waals surface area contributed by atoms with Gasteiger partial charge in [0, 0.05) is 25.4 Å². The normalized spacial score (nSPS) is 18.7. The van der Waals surface area contributed by atoms with E-state index in [4.69, 9.17) is 0 Å². The standard InChI is InChI=1S/C14H18N2O2/c1-3-4-14(18)16-8-11-5-6-13(15-10(2)17)7-12(11)9-16/h3-4,8-9,13H,5-7H2,1-2H3,(H,15,17). The number of aromatic nitrogens is 1. The second-order valence-corrected chi connectivity index (χ2v) is 4.69. The number of carbonyl (C=O) groups excluding carboxylic acids is 2. The highest BCUT2D eigenvalue weighted by Crippen LogP contribution is 2.22. The highest BCUT2D eigenvalue weighted by Gasteiger charge is 2.21. The monoisotopic (exact) mass is 246 g/mol. The van der Waals surface area contributed by atoms with Crippen LogP contribution < -0.4 is 5.32 Å². The molecule has 4 nitrogen and oxygen atoms in total. The van der Waals surface area contributed by atoms with Gasteiger partial charge < -0.3 is 5.32 Å². The van der Waals surface area contributed by atoms with E-state index in [-0.39, 0.29) is 17.9 Å². The lowest BCUT2D eigenvalue weighted by molar-refractivity contribution is -0.119. The van der Waals surface area contributed by atoms with Crippen LogP contribution in [0, 0.1) is 0 Å². The summed E-state index contributed by atoms with van der Waals surface area (Å²) in [4.78, 5) is 22.8. The van der Waals surface area contributed by atoms with Gasteiger partial charge in [-0.15, -0.1) is 0 Å². The fourth-order valence-electron chi connectivity index (χ4n) is 2.41. The first-order valence-electron chi connectivity index (χ1n) is 6.24. The van der Waals surface area contributed by atoms with Gasteiger partial charge in [0.2, 0.25) is 5.91 Å². The van der Waals surface area contributed by atoms with Gasteiger partial charge in [-0.05, 0) is 43.4 Å². The molecule has 1 aromatic heterocycles. The molecular formula is C14H18N2O2. The van der Waals surface area contributed by atoms with E-state index >= 15 is 0 Å². The van der Waals surface area contributed by atoms with Crippen molar-refractivity contribution in [1.82, 2.24) is 9.88 Å². The van der Waals surface area contributed by atoms with Gasteiger partial charge in [-0.1, -0.05) is 6.08 Å². The number of nitrogens with zero attached hydrogens (tertiary/aromatic N) is 1. The molecule has 0 aliphatic heterocycles. The first-order valence-corrected chi connectivity index (χ1v) is 6.24. The molecule has 0 fully saturated rings. The van der Waals surface area contributed by atoms with Crippen molar-refractivity contribution in [2.75, 3.05) is 0 Å². The zero-order valence-corrected chi connectivity index (χ0v) is 10.8. The molecule has 1 aliphatic rings. The molecule has 0 spiro atoms. The van der Waals surface area contributed by atoms with Crippen molar-refractivity contribution in [3.8, 4) is 0 Å². The van der Waals surface area contributed by atoms with Crippen LogP contribution in [0.4, 0.5) is 0 Å². The fourth-order valence-corrected chi connectivity index (χ4v) is 2.41. The van der Waals surface area contributed by atoms with Crippen molar-refractivity contribution in [2.24, 2.45) is 0 Å². The quantitative estimate of drug-likeness (QED) is 0.807. The van der Waals surface area contributed by atoms with Crippen LogP contribution in [0.5, 0.6) is 0 Å². The summed E-state index contributed by atoms with van der Waals surface area (Å²) in [6.45, 7) is 3.37. The first-order chi connectivity index (χ1) is 8.60. The molecule has 1 unspecified atom stereocenters. The summed E-state index contributed by atoms with van der Waals surface area (Å²) in [6.07, 6.45) is 9.74. The topological polar surface area (TPSA) is 51.1 Å². The van der Waals surface area contributed by atoms with Gasteiger partial charge in [0.1, 0.15) is 0 Å². The number of aryl methyl sites for hydroxylation is 1. The molecule has 1 aromatic rings. The maximum atomic E-state index is 11.7. The van der Waals surface area contributed by atoms with E-state index in [1.165, 1.54) is 12.5 Å². The third-order valence-corrected chi connectivity index (χ3v) is 3.20. The van der Waals surface area contributed by atoms with Gasteiger partial charge in [-0.25, -0.2) is 0 Å². The lowest BCUT2D eigenvalue weighted by atomic mass is 9.91. The lowest BCUT2D eigenvalue weighted by Crippen LogP contribution is -2.37. The first kappa shape index (κ1) is 12.6. The predicted octanol–water partition coefficient (Wildman–Crippen LogP) is 1.70. The number of allylic oxidation sites excluding steroid dienone is 2. The van der Waals surface area contributed by atoms with E-state index in [1.807, 2.05) is 19.3 Å². The summed E-state index contributed by atoms with van der Waals surface area (Å²) in [5.74, 6) is -0.0177. The molecule has 0 saturated carbocycles. The molecule has 0 saturated heterocycles. The van der Waals surface area contributed by atoms with Crippen LogP contribution in [0.2, 0.25) is 0 Å². The molecule has 0 bridgehead atoms. The van der Waals surface area contributed by atoms with Crippen molar-refractivity contribution < 1.29 is 9.59 Å². The molecule has 4 heteroatoms. The number of hydrogen-bond donors (Lipinski definition) is 1. The van der Waals surface area contributed by atoms with E-state index in [9.17, 15) is 9.59 Å². The molecule has 18 heavy (non-hydrogen) atoms. The Hall–Kier alpha value is -1.84. The van der Waals surface area contributed by atoms with Crippen LogP contribution in [0.15, 0.2) is 24.5 Å². The summed E-state index contributed by atoms with van der Waals surface area (Å²) >= 11 is 0. The molecule has 1 aliphatic carbocycles. The molecule has 0 radical (unpaired) electrons. The third kappa shape index (κ3) is 2.70. The number of amides is 1. The molecule has 1 amide bonds. The minimum atomic E-state index is -0.0250. The predicted molar refractivity (Wildman–Crippen MR) is 69.5 cm³/mol. The van der Waals surface area contributed by atoms with Crippen LogP contribution >= 0.6 is 0 Å². The van der Waals surface area contributed by atoms with E-state index in [2.05, 4.69) is 5.32 Å². The molecule has 96 valence electrons.